The van der Waals surface area contributed by atoms with Crippen LogP contribution >= 0.6 is 15.9 Å². The summed E-state index contributed by atoms with van der Waals surface area (Å²) in [5, 5.41) is 0. The molecule has 1 aromatic carbocycles. The maximum absolute atomic E-state index is 12.3. The Bertz CT molecular complexity index is 312. The van der Waals surface area contributed by atoms with Gasteiger partial charge in [-0.3, -0.25) is 0 Å². The summed E-state index contributed by atoms with van der Waals surface area (Å²) in [6.45, 7) is -0.598. The lowest BCUT2D eigenvalue weighted by molar-refractivity contribution is -0.191. The summed E-state index contributed by atoms with van der Waals surface area (Å²) < 4.78 is 42.3. The molecule has 1 unspecified atom stereocenters. The van der Waals surface area contributed by atoms with Crippen molar-refractivity contribution in [3.63, 3.8) is 0 Å². The van der Waals surface area contributed by atoms with Gasteiger partial charge in [0.1, 0.15) is 5.75 Å². The second-order valence-corrected chi connectivity index (χ2v) is 3.75. The van der Waals surface area contributed by atoms with Gasteiger partial charge in [-0.2, -0.15) is 13.2 Å². The molecule has 0 aliphatic carbocycles. The average Bonchev–Trinajstić information content (AvgIpc) is 2.15. The first-order valence-corrected chi connectivity index (χ1v) is 4.92. The second-order valence-electron chi connectivity index (χ2n) is 2.84. The Labute approximate surface area is 93.3 Å². The van der Waals surface area contributed by atoms with Gasteiger partial charge in [-0.1, -0.05) is 15.9 Å². The molecule has 0 amide bonds. The Morgan fingerprint density at radius 2 is 1.80 bits per heavy atom. The van der Waals surface area contributed by atoms with E-state index in [1.165, 1.54) is 12.1 Å². The fourth-order valence-electron chi connectivity index (χ4n) is 0.926. The lowest BCUT2D eigenvalue weighted by atomic mass is 10.3. The van der Waals surface area contributed by atoms with Crippen LogP contribution in [0.15, 0.2) is 28.7 Å². The summed E-state index contributed by atoms with van der Waals surface area (Å²) in [6.07, 6.45) is -6.40. The van der Waals surface area contributed by atoms with Crippen molar-refractivity contribution in [3.05, 3.63) is 28.7 Å². The number of alkyl halides is 3. The predicted molar refractivity (Wildman–Crippen MR) is 53.7 cm³/mol. The average molecular weight is 284 g/mol. The fourth-order valence-corrected chi connectivity index (χ4v) is 1.19. The summed E-state index contributed by atoms with van der Waals surface area (Å²) in [7, 11) is 0. The van der Waals surface area contributed by atoms with Crippen molar-refractivity contribution in [2.45, 2.75) is 12.3 Å². The Hall–Kier alpha value is -0.750. The van der Waals surface area contributed by atoms with Gasteiger partial charge in [-0.05, 0) is 24.3 Å². The fraction of sp³-hybridized carbons (Fsp3) is 0.333. The van der Waals surface area contributed by atoms with Crippen molar-refractivity contribution < 1.29 is 17.9 Å². The third kappa shape index (κ3) is 3.71. The molecule has 0 radical (unpaired) electrons. The molecule has 1 atom stereocenters. The van der Waals surface area contributed by atoms with Crippen molar-refractivity contribution in [3.8, 4) is 5.75 Å². The molecule has 1 rings (SSSR count). The first-order valence-electron chi connectivity index (χ1n) is 4.12. The molecule has 2 nitrogen and oxygen atoms in total. The van der Waals surface area contributed by atoms with Crippen LogP contribution in [0.5, 0.6) is 5.75 Å². The van der Waals surface area contributed by atoms with E-state index in [0.717, 1.165) is 4.47 Å². The van der Waals surface area contributed by atoms with E-state index >= 15 is 0 Å². The molecule has 0 heterocycles. The third-order valence-corrected chi connectivity index (χ3v) is 2.20. The maximum Gasteiger partial charge on any atom is 0.426 e. The topological polar surface area (TPSA) is 35.2 Å². The van der Waals surface area contributed by atoms with Crippen LogP contribution in [0.3, 0.4) is 0 Å². The number of rotatable bonds is 3. The van der Waals surface area contributed by atoms with E-state index in [0.29, 0.717) is 0 Å². The van der Waals surface area contributed by atoms with Gasteiger partial charge in [0.15, 0.2) is 0 Å². The molecule has 84 valence electrons. The quantitative estimate of drug-likeness (QED) is 0.926. The summed E-state index contributed by atoms with van der Waals surface area (Å²) in [5.41, 5.74) is 4.98. The van der Waals surface area contributed by atoms with E-state index in [4.69, 9.17) is 10.5 Å². The predicted octanol–water partition coefficient (Wildman–Crippen LogP) is 2.72. The normalized spacial score (nSPS) is 13.7. The van der Waals surface area contributed by atoms with E-state index in [-0.39, 0.29) is 5.75 Å². The van der Waals surface area contributed by atoms with Gasteiger partial charge >= 0.3 is 6.18 Å². The van der Waals surface area contributed by atoms with E-state index in [1.54, 1.807) is 12.1 Å². The molecule has 0 spiro atoms. The molecule has 2 N–H and O–H groups in total. The lowest BCUT2D eigenvalue weighted by Crippen LogP contribution is -2.40. The molecule has 0 aliphatic heterocycles. The van der Waals surface area contributed by atoms with Gasteiger partial charge in [-0.25, -0.2) is 0 Å². The summed E-state index contributed by atoms with van der Waals surface area (Å²) >= 11 is 3.17. The Balaban J connectivity index is 2.71. The molecule has 0 saturated carbocycles. The van der Waals surface area contributed by atoms with E-state index < -0.39 is 18.8 Å². The monoisotopic (exact) mass is 283 g/mol. The molecule has 0 saturated heterocycles. The standard InChI is InChI=1S/C9H9BrF3NO/c10-6-1-3-7(4-2-6)15-8(5-14)9(11,12)13/h1-4,8H,5,14H2. The van der Waals surface area contributed by atoms with Crippen molar-refractivity contribution in [2.75, 3.05) is 6.54 Å². The molecule has 0 bridgehead atoms. The summed E-state index contributed by atoms with van der Waals surface area (Å²) in [5.74, 6) is 0.144. The molecule has 15 heavy (non-hydrogen) atoms. The highest BCUT2D eigenvalue weighted by molar-refractivity contribution is 9.10. The van der Waals surface area contributed by atoms with Gasteiger partial charge in [0, 0.05) is 11.0 Å². The molecule has 0 fully saturated rings. The highest BCUT2D eigenvalue weighted by atomic mass is 79.9. The minimum absolute atomic E-state index is 0.144. The first-order chi connectivity index (χ1) is 6.93. The number of hydrogen-bond acceptors (Lipinski definition) is 2. The van der Waals surface area contributed by atoms with E-state index in [1.807, 2.05) is 0 Å². The Morgan fingerprint density at radius 1 is 1.27 bits per heavy atom. The minimum Gasteiger partial charge on any atom is -0.480 e. The van der Waals surface area contributed by atoms with Gasteiger partial charge in [0.2, 0.25) is 6.10 Å². The number of halogens is 4. The van der Waals surface area contributed by atoms with Crippen LogP contribution in [-0.2, 0) is 0 Å². The molecule has 0 aromatic heterocycles. The number of hydrogen-bond donors (Lipinski definition) is 1. The van der Waals surface area contributed by atoms with Gasteiger partial charge in [0.25, 0.3) is 0 Å². The van der Waals surface area contributed by atoms with E-state index in [2.05, 4.69) is 15.9 Å². The van der Waals surface area contributed by atoms with E-state index in [9.17, 15) is 13.2 Å². The number of benzene rings is 1. The van der Waals surface area contributed by atoms with Crippen molar-refractivity contribution in [1.82, 2.24) is 0 Å². The molecular formula is C9H9BrF3NO. The van der Waals surface area contributed by atoms with Gasteiger partial charge in [0.05, 0.1) is 0 Å². The SMILES string of the molecule is NCC(Oc1ccc(Br)cc1)C(F)(F)F. The van der Waals surface area contributed by atoms with Crippen molar-refractivity contribution in [1.29, 1.82) is 0 Å². The largest absolute Gasteiger partial charge is 0.480 e. The Morgan fingerprint density at radius 3 is 2.20 bits per heavy atom. The first kappa shape index (κ1) is 12.3. The molecule has 6 heteroatoms. The van der Waals surface area contributed by atoms with Crippen LogP contribution in [0.2, 0.25) is 0 Å². The van der Waals surface area contributed by atoms with Gasteiger partial charge in [-0.15, -0.1) is 0 Å². The zero-order valence-corrected chi connectivity index (χ0v) is 9.18. The zero-order valence-electron chi connectivity index (χ0n) is 7.59. The van der Waals surface area contributed by atoms with Crippen molar-refractivity contribution >= 4 is 15.9 Å². The van der Waals surface area contributed by atoms with Crippen LogP contribution in [0.1, 0.15) is 0 Å². The third-order valence-electron chi connectivity index (χ3n) is 1.67. The highest BCUT2D eigenvalue weighted by Crippen LogP contribution is 2.25. The van der Waals surface area contributed by atoms with Crippen LogP contribution < -0.4 is 10.5 Å². The van der Waals surface area contributed by atoms with Crippen LogP contribution in [0.25, 0.3) is 0 Å². The minimum atomic E-state index is -4.44. The smallest absolute Gasteiger partial charge is 0.426 e. The highest BCUT2D eigenvalue weighted by Gasteiger charge is 2.40. The van der Waals surface area contributed by atoms with Crippen molar-refractivity contribution in [2.24, 2.45) is 5.73 Å². The van der Waals surface area contributed by atoms with Gasteiger partial charge < -0.3 is 10.5 Å². The summed E-state index contributed by atoms with van der Waals surface area (Å²) in [6, 6.07) is 6.08. The zero-order chi connectivity index (χ0) is 11.5. The maximum atomic E-state index is 12.3. The molecule has 1 aromatic rings. The lowest BCUT2D eigenvalue weighted by Gasteiger charge is -2.20. The summed E-state index contributed by atoms with van der Waals surface area (Å²) in [4.78, 5) is 0. The van der Waals surface area contributed by atoms with Crippen LogP contribution in [0.4, 0.5) is 13.2 Å². The second kappa shape index (κ2) is 4.85. The molecule has 0 aliphatic rings. The van der Waals surface area contributed by atoms with Crippen LogP contribution in [-0.4, -0.2) is 18.8 Å². The number of nitrogens with two attached hydrogens (primary N) is 1. The molecular weight excluding hydrogens is 275 g/mol. The number of ether oxygens (including phenoxy) is 1. The van der Waals surface area contributed by atoms with Crippen LogP contribution in [0, 0.1) is 0 Å². The Kier molecular flexibility index (Phi) is 3.98.